The average Bonchev–Trinajstić information content (AvgIpc) is 2.96. The zero-order valence-electron chi connectivity index (χ0n) is 11.4. The van der Waals surface area contributed by atoms with Crippen LogP contribution >= 0.6 is 0 Å². The summed E-state index contributed by atoms with van der Waals surface area (Å²) in [6, 6.07) is 15.2. The summed E-state index contributed by atoms with van der Waals surface area (Å²) < 4.78 is 0. The maximum Gasteiger partial charge on any atom is 0.233 e. The van der Waals surface area contributed by atoms with E-state index < -0.39 is 0 Å². The minimum absolute atomic E-state index is 0.105. The largest absolute Gasteiger partial charge is 0.329 e. The van der Waals surface area contributed by atoms with Crippen molar-refractivity contribution in [1.82, 2.24) is 10.2 Å². The molecule has 3 rings (SSSR count). The fraction of sp³-hybridized carbons (Fsp3) is 0.125. The highest BCUT2D eigenvalue weighted by molar-refractivity contribution is 5.97. The van der Waals surface area contributed by atoms with Gasteiger partial charge in [-0.1, -0.05) is 30.3 Å². The number of rotatable bonds is 4. The first-order valence-corrected chi connectivity index (χ1v) is 6.77. The molecule has 0 aliphatic carbocycles. The van der Waals surface area contributed by atoms with Crippen molar-refractivity contribution in [2.24, 2.45) is 5.73 Å². The summed E-state index contributed by atoms with van der Waals surface area (Å²) in [5, 5.41) is 10.7. The number of aromatic amines is 1. The quantitative estimate of drug-likeness (QED) is 0.685. The first-order chi connectivity index (χ1) is 10.3. The van der Waals surface area contributed by atoms with Gasteiger partial charge in [-0.05, 0) is 23.8 Å². The monoisotopic (exact) mass is 280 g/mol. The molecule has 0 spiro atoms. The van der Waals surface area contributed by atoms with Crippen LogP contribution in [0.5, 0.6) is 0 Å². The Hall–Kier alpha value is -2.66. The van der Waals surface area contributed by atoms with Gasteiger partial charge < -0.3 is 11.1 Å². The third kappa shape index (κ3) is 2.78. The molecule has 1 atom stereocenters. The Labute approximate surface area is 122 Å². The number of hydrogen-bond donors (Lipinski definition) is 3. The van der Waals surface area contributed by atoms with Gasteiger partial charge in [0, 0.05) is 17.6 Å². The average molecular weight is 280 g/mol. The highest BCUT2D eigenvalue weighted by Gasteiger charge is 2.18. The number of nitrogens with one attached hydrogen (secondary N) is 2. The van der Waals surface area contributed by atoms with Gasteiger partial charge in [0.1, 0.15) is 0 Å². The molecular weight excluding hydrogens is 264 g/mol. The predicted molar refractivity (Wildman–Crippen MR) is 83.0 cm³/mol. The molecule has 0 bridgehead atoms. The SMILES string of the molecule is NCC(C(=O)Nc1ccc2[nH]ncc2c1)c1ccccc1. The van der Waals surface area contributed by atoms with E-state index in [1.54, 1.807) is 6.20 Å². The lowest BCUT2D eigenvalue weighted by molar-refractivity contribution is -0.117. The molecule has 1 unspecified atom stereocenters. The number of carbonyl (C=O) groups excluding carboxylic acids is 1. The van der Waals surface area contributed by atoms with Crippen LogP contribution in [0, 0.1) is 0 Å². The van der Waals surface area contributed by atoms with E-state index in [4.69, 9.17) is 5.73 Å². The third-order valence-corrected chi connectivity index (χ3v) is 3.46. The standard InChI is InChI=1S/C16H16N4O/c17-9-14(11-4-2-1-3-5-11)16(21)19-13-6-7-15-12(8-13)10-18-20-15/h1-8,10,14H,9,17H2,(H,18,20)(H,19,21). The summed E-state index contributed by atoms with van der Waals surface area (Å²) >= 11 is 0. The van der Waals surface area contributed by atoms with E-state index in [1.807, 2.05) is 48.5 Å². The molecule has 4 N–H and O–H groups in total. The van der Waals surface area contributed by atoms with Crippen LogP contribution in [0.4, 0.5) is 5.69 Å². The van der Waals surface area contributed by atoms with E-state index in [9.17, 15) is 4.79 Å². The summed E-state index contributed by atoms with van der Waals surface area (Å²) in [5.41, 5.74) is 8.35. The van der Waals surface area contributed by atoms with Gasteiger partial charge >= 0.3 is 0 Å². The molecule has 0 radical (unpaired) electrons. The number of anilines is 1. The minimum Gasteiger partial charge on any atom is -0.329 e. The van der Waals surface area contributed by atoms with Crippen molar-refractivity contribution < 1.29 is 4.79 Å². The third-order valence-electron chi connectivity index (χ3n) is 3.46. The van der Waals surface area contributed by atoms with E-state index >= 15 is 0 Å². The summed E-state index contributed by atoms with van der Waals surface area (Å²) in [5.74, 6) is -0.460. The molecular formula is C16H16N4O. The van der Waals surface area contributed by atoms with Crippen LogP contribution in [0.25, 0.3) is 10.9 Å². The van der Waals surface area contributed by atoms with Crippen LogP contribution in [-0.2, 0) is 4.79 Å². The number of amides is 1. The number of aromatic nitrogens is 2. The van der Waals surface area contributed by atoms with Gasteiger partial charge in [-0.25, -0.2) is 0 Å². The van der Waals surface area contributed by atoms with Crippen molar-refractivity contribution in [1.29, 1.82) is 0 Å². The van der Waals surface area contributed by atoms with Crippen LogP contribution < -0.4 is 11.1 Å². The number of nitrogens with zero attached hydrogens (tertiary/aromatic N) is 1. The molecule has 5 nitrogen and oxygen atoms in total. The van der Waals surface area contributed by atoms with Gasteiger partial charge in [-0.3, -0.25) is 9.89 Å². The van der Waals surface area contributed by atoms with Crippen molar-refractivity contribution in [3.8, 4) is 0 Å². The number of fused-ring (bicyclic) bond motifs is 1. The van der Waals surface area contributed by atoms with Crippen LogP contribution in [0.1, 0.15) is 11.5 Å². The fourth-order valence-electron chi connectivity index (χ4n) is 2.33. The van der Waals surface area contributed by atoms with Crippen molar-refractivity contribution in [3.05, 3.63) is 60.3 Å². The van der Waals surface area contributed by atoms with Gasteiger partial charge in [0.05, 0.1) is 17.6 Å². The number of carbonyl (C=O) groups is 1. The highest BCUT2D eigenvalue weighted by Crippen LogP contribution is 2.20. The molecule has 0 saturated carbocycles. The topological polar surface area (TPSA) is 83.8 Å². The normalized spacial score (nSPS) is 12.2. The summed E-state index contributed by atoms with van der Waals surface area (Å²) in [6.07, 6.45) is 1.72. The van der Waals surface area contributed by atoms with Gasteiger partial charge in [-0.15, -0.1) is 0 Å². The first-order valence-electron chi connectivity index (χ1n) is 6.77. The molecule has 106 valence electrons. The second-order valence-corrected chi connectivity index (χ2v) is 4.86. The lowest BCUT2D eigenvalue weighted by Gasteiger charge is -2.15. The Morgan fingerprint density at radius 2 is 2.05 bits per heavy atom. The Morgan fingerprint density at radius 3 is 2.81 bits per heavy atom. The molecule has 3 aromatic rings. The Balaban J connectivity index is 1.81. The highest BCUT2D eigenvalue weighted by atomic mass is 16.1. The van der Waals surface area contributed by atoms with E-state index in [0.717, 1.165) is 22.2 Å². The van der Waals surface area contributed by atoms with Crippen LogP contribution in [0.3, 0.4) is 0 Å². The lowest BCUT2D eigenvalue weighted by Crippen LogP contribution is -2.27. The van der Waals surface area contributed by atoms with E-state index in [-0.39, 0.29) is 18.4 Å². The molecule has 21 heavy (non-hydrogen) atoms. The lowest BCUT2D eigenvalue weighted by atomic mass is 9.98. The Morgan fingerprint density at radius 1 is 1.24 bits per heavy atom. The summed E-state index contributed by atoms with van der Waals surface area (Å²) in [4.78, 5) is 12.4. The van der Waals surface area contributed by atoms with Crippen molar-refractivity contribution >= 4 is 22.5 Å². The Bertz CT molecular complexity index is 751. The van der Waals surface area contributed by atoms with Gasteiger partial charge in [-0.2, -0.15) is 5.10 Å². The van der Waals surface area contributed by atoms with Crippen LogP contribution in [0.15, 0.2) is 54.7 Å². The maximum absolute atomic E-state index is 12.4. The van der Waals surface area contributed by atoms with Gasteiger partial charge in [0.15, 0.2) is 0 Å². The molecule has 1 aromatic heterocycles. The maximum atomic E-state index is 12.4. The smallest absolute Gasteiger partial charge is 0.233 e. The zero-order valence-corrected chi connectivity index (χ0v) is 11.4. The number of nitrogens with two attached hydrogens (primary N) is 1. The van der Waals surface area contributed by atoms with Gasteiger partial charge in [0.2, 0.25) is 5.91 Å². The number of hydrogen-bond acceptors (Lipinski definition) is 3. The van der Waals surface area contributed by atoms with E-state index in [0.29, 0.717) is 0 Å². The molecule has 1 heterocycles. The predicted octanol–water partition coefficient (Wildman–Crippen LogP) is 2.24. The van der Waals surface area contributed by atoms with Crippen LogP contribution in [0.2, 0.25) is 0 Å². The minimum atomic E-state index is -0.355. The van der Waals surface area contributed by atoms with Crippen molar-refractivity contribution in [2.75, 3.05) is 11.9 Å². The zero-order chi connectivity index (χ0) is 14.7. The summed E-state index contributed by atoms with van der Waals surface area (Å²) in [7, 11) is 0. The molecule has 5 heteroatoms. The first kappa shape index (κ1) is 13.3. The molecule has 2 aromatic carbocycles. The van der Waals surface area contributed by atoms with E-state index in [2.05, 4.69) is 15.5 Å². The Kier molecular flexibility index (Phi) is 3.66. The van der Waals surface area contributed by atoms with Crippen molar-refractivity contribution in [3.63, 3.8) is 0 Å². The summed E-state index contributed by atoms with van der Waals surface area (Å²) in [6.45, 7) is 0.268. The van der Waals surface area contributed by atoms with Crippen LogP contribution in [-0.4, -0.2) is 22.6 Å². The van der Waals surface area contributed by atoms with Crippen molar-refractivity contribution in [2.45, 2.75) is 5.92 Å². The molecule has 0 aliphatic heterocycles. The molecule has 1 amide bonds. The molecule has 0 fully saturated rings. The van der Waals surface area contributed by atoms with Gasteiger partial charge in [0.25, 0.3) is 0 Å². The van der Waals surface area contributed by atoms with E-state index in [1.165, 1.54) is 0 Å². The fourth-order valence-corrected chi connectivity index (χ4v) is 2.33. The molecule has 0 saturated heterocycles. The second-order valence-electron chi connectivity index (χ2n) is 4.86. The number of H-pyrrole nitrogens is 1. The second kappa shape index (κ2) is 5.76. The molecule has 0 aliphatic rings. The number of benzene rings is 2.